The van der Waals surface area contributed by atoms with Crippen LogP contribution < -0.4 is 5.32 Å². The molecule has 0 saturated heterocycles. The second-order valence-corrected chi connectivity index (χ2v) is 4.66. The number of rotatable bonds is 9. The van der Waals surface area contributed by atoms with Gasteiger partial charge in [0.05, 0.1) is 12.6 Å². The normalized spacial score (nSPS) is 12.6. The zero-order valence-corrected chi connectivity index (χ0v) is 12.0. The molecule has 102 valence electrons. The molecule has 1 unspecified atom stereocenters. The summed E-state index contributed by atoms with van der Waals surface area (Å²) in [6.07, 6.45) is 3.50. The number of hydrogen-bond acceptors (Lipinski definition) is 2. The third-order valence-corrected chi connectivity index (χ3v) is 3.02. The molecule has 2 nitrogen and oxygen atoms in total. The molecule has 0 bridgehead atoms. The number of ether oxygens (including phenoxy) is 1. The third-order valence-electron chi connectivity index (χ3n) is 3.02. The molecule has 0 saturated carbocycles. The highest BCUT2D eigenvalue weighted by Gasteiger charge is 2.10. The average Bonchev–Trinajstić information content (AvgIpc) is 2.40. The van der Waals surface area contributed by atoms with E-state index in [4.69, 9.17) is 4.74 Å². The molecule has 18 heavy (non-hydrogen) atoms. The van der Waals surface area contributed by atoms with Crippen LogP contribution in [0.5, 0.6) is 0 Å². The molecule has 1 aromatic carbocycles. The first-order valence-corrected chi connectivity index (χ1v) is 7.21. The number of benzene rings is 1. The molecule has 0 spiro atoms. The van der Waals surface area contributed by atoms with Crippen molar-refractivity contribution in [3.05, 3.63) is 35.4 Å². The van der Waals surface area contributed by atoms with Crippen molar-refractivity contribution in [1.82, 2.24) is 5.32 Å². The van der Waals surface area contributed by atoms with E-state index in [-0.39, 0.29) is 0 Å². The molecule has 2 heteroatoms. The van der Waals surface area contributed by atoms with Crippen molar-refractivity contribution in [2.45, 2.75) is 46.1 Å². The number of hydrogen-bond donors (Lipinski definition) is 1. The summed E-state index contributed by atoms with van der Waals surface area (Å²) in [6, 6.07) is 9.21. The molecule has 0 amide bonds. The zero-order valence-electron chi connectivity index (χ0n) is 12.0. The second-order valence-electron chi connectivity index (χ2n) is 4.66. The van der Waals surface area contributed by atoms with Crippen LogP contribution >= 0.6 is 0 Å². The van der Waals surface area contributed by atoms with Gasteiger partial charge in [-0.15, -0.1) is 0 Å². The zero-order chi connectivity index (χ0) is 13.2. The van der Waals surface area contributed by atoms with Crippen molar-refractivity contribution in [2.24, 2.45) is 0 Å². The molecule has 1 aromatic rings. The van der Waals surface area contributed by atoms with Gasteiger partial charge in [0.1, 0.15) is 0 Å². The Kier molecular flexibility index (Phi) is 7.70. The Morgan fingerprint density at radius 2 is 2.00 bits per heavy atom. The molecule has 0 fully saturated rings. The van der Waals surface area contributed by atoms with Gasteiger partial charge in [-0.25, -0.2) is 0 Å². The van der Waals surface area contributed by atoms with Gasteiger partial charge in [0.2, 0.25) is 0 Å². The minimum atomic E-state index is 0.321. The number of aryl methyl sites for hydroxylation is 1. The predicted octanol–water partition coefficient (Wildman–Crippen LogP) is 3.72. The summed E-state index contributed by atoms with van der Waals surface area (Å²) in [7, 11) is 0. The van der Waals surface area contributed by atoms with Gasteiger partial charge in [0, 0.05) is 6.61 Å². The first-order valence-electron chi connectivity index (χ1n) is 7.21. The van der Waals surface area contributed by atoms with E-state index in [0.29, 0.717) is 6.04 Å². The van der Waals surface area contributed by atoms with Crippen LogP contribution in [0.25, 0.3) is 0 Å². The Hall–Kier alpha value is -0.860. The van der Waals surface area contributed by atoms with Crippen molar-refractivity contribution >= 4 is 0 Å². The predicted molar refractivity (Wildman–Crippen MR) is 78.0 cm³/mol. The van der Waals surface area contributed by atoms with Crippen molar-refractivity contribution in [1.29, 1.82) is 0 Å². The van der Waals surface area contributed by atoms with Crippen LogP contribution in [-0.2, 0) is 11.2 Å². The Morgan fingerprint density at radius 1 is 1.17 bits per heavy atom. The standard InChI is InChI=1S/C16H27NO/c1-4-8-14-9-7-10-15(12-14)16(13-18-6-3)17-11-5-2/h7,9-10,12,16-17H,4-6,8,11,13H2,1-3H3. The topological polar surface area (TPSA) is 21.3 Å². The van der Waals surface area contributed by atoms with Crippen LogP contribution in [0.3, 0.4) is 0 Å². The first kappa shape index (κ1) is 15.2. The van der Waals surface area contributed by atoms with E-state index < -0.39 is 0 Å². The van der Waals surface area contributed by atoms with Crippen molar-refractivity contribution in [3.8, 4) is 0 Å². The molecule has 1 atom stereocenters. The van der Waals surface area contributed by atoms with Crippen LogP contribution in [0.4, 0.5) is 0 Å². The van der Waals surface area contributed by atoms with Crippen LogP contribution in [0, 0.1) is 0 Å². The largest absolute Gasteiger partial charge is 0.380 e. The highest BCUT2D eigenvalue weighted by molar-refractivity contribution is 5.26. The fraction of sp³-hybridized carbons (Fsp3) is 0.625. The monoisotopic (exact) mass is 249 g/mol. The first-order chi connectivity index (χ1) is 8.81. The lowest BCUT2D eigenvalue weighted by molar-refractivity contribution is 0.123. The van der Waals surface area contributed by atoms with Crippen LogP contribution in [-0.4, -0.2) is 19.8 Å². The Labute approximate surface area is 112 Å². The fourth-order valence-electron chi connectivity index (χ4n) is 2.08. The summed E-state index contributed by atoms with van der Waals surface area (Å²) in [5, 5.41) is 3.56. The van der Waals surface area contributed by atoms with Crippen molar-refractivity contribution in [2.75, 3.05) is 19.8 Å². The summed E-state index contributed by atoms with van der Waals surface area (Å²) in [6.45, 7) is 9.03. The summed E-state index contributed by atoms with van der Waals surface area (Å²) in [5.74, 6) is 0. The molecule has 0 radical (unpaired) electrons. The molecule has 0 aromatic heterocycles. The van der Waals surface area contributed by atoms with Crippen LogP contribution in [0.15, 0.2) is 24.3 Å². The Morgan fingerprint density at radius 3 is 2.67 bits per heavy atom. The summed E-state index contributed by atoms with van der Waals surface area (Å²) in [4.78, 5) is 0. The minimum Gasteiger partial charge on any atom is -0.380 e. The minimum absolute atomic E-state index is 0.321. The second kappa shape index (κ2) is 9.12. The summed E-state index contributed by atoms with van der Waals surface area (Å²) in [5.41, 5.74) is 2.78. The van der Waals surface area contributed by atoms with E-state index in [1.807, 2.05) is 6.92 Å². The number of nitrogens with one attached hydrogen (secondary N) is 1. The summed E-state index contributed by atoms with van der Waals surface area (Å²) < 4.78 is 5.58. The van der Waals surface area contributed by atoms with Gasteiger partial charge < -0.3 is 10.1 Å². The average molecular weight is 249 g/mol. The Bertz CT molecular complexity index is 317. The maximum absolute atomic E-state index is 5.58. The fourth-order valence-corrected chi connectivity index (χ4v) is 2.08. The van der Waals surface area contributed by atoms with Gasteiger partial charge >= 0.3 is 0 Å². The quantitative estimate of drug-likeness (QED) is 0.720. The lowest BCUT2D eigenvalue weighted by Crippen LogP contribution is -2.26. The summed E-state index contributed by atoms with van der Waals surface area (Å²) >= 11 is 0. The van der Waals surface area contributed by atoms with Gasteiger partial charge in [-0.1, -0.05) is 44.5 Å². The maximum Gasteiger partial charge on any atom is 0.0661 e. The van der Waals surface area contributed by atoms with Crippen molar-refractivity contribution in [3.63, 3.8) is 0 Å². The highest BCUT2D eigenvalue weighted by Crippen LogP contribution is 2.16. The van der Waals surface area contributed by atoms with E-state index >= 15 is 0 Å². The molecule has 0 aliphatic rings. The lowest BCUT2D eigenvalue weighted by atomic mass is 10.0. The molecular weight excluding hydrogens is 222 g/mol. The van der Waals surface area contributed by atoms with Gasteiger partial charge in [0.15, 0.2) is 0 Å². The van der Waals surface area contributed by atoms with E-state index in [0.717, 1.165) is 32.6 Å². The highest BCUT2D eigenvalue weighted by atomic mass is 16.5. The van der Waals surface area contributed by atoms with E-state index in [1.54, 1.807) is 0 Å². The molecule has 0 heterocycles. The van der Waals surface area contributed by atoms with Crippen molar-refractivity contribution < 1.29 is 4.74 Å². The van der Waals surface area contributed by atoms with Gasteiger partial charge in [-0.2, -0.15) is 0 Å². The van der Waals surface area contributed by atoms with Crippen LogP contribution in [0.2, 0.25) is 0 Å². The molecule has 0 aliphatic heterocycles. The molecule has 0 aliphatic carbocycles. The Balaban J connectivity index is 2.72. The smallest absolute Gasteiger partial charge is 0.0661 e. The van der Waals surface area contributed by atoms with Gasteiger partial charge in [-0.05, 0) is 37.4 Å². The van der Waals surface area contributed by atoms with Gasteiger partial charge in [-0.3, -0.25) is 0 Å². The third kappa shape index (κ3) is 5.19. The van der Waals surface area contributed by atoms with E-state index in [1.165, 1.54) is 17.5 Å². The van der Waals surface area contributed by atoms with E-state index in [2.05, 4.69) is 43.4 Å². The molecular formula is C16H27NO. The maximum atomic E-state index is 5.58. The lowest BCUT2D eigenvalue weighted by Gasteiger charge is -2.19. The van der Waals surface area contributed by atoms with Gasteiger partial charge in [0.25, 0.3) is 0 Å². The molecule has 1 rings (SSSR count). The molecule has 1 N–H and O–H groups in total. The van der Waals surface area contributed by atoms with Crippen LogP contribution in [0.1, 0.15) is 50.8 Å². The SMILES string of the molecule is CCCNC(COCC)c1cccc(CCC)c1. The van der Waals surface area contributed by atoms with E-state index in [9.17, 15) is 0 Å².